The van der Waals surface area contributed by atoms with Crippen molar-refractivity contribution < 1.29 is 9.84 Å². The fourth-order valence-electron chi connectivity index (χ4n) is 2.85. The van der Waals surface area contributed by atoms with Crippen molar-refractivity contribution >= 4 is 0 Å². The minimum atomic E-state index is -0.672. The summed E-state index contributed by atoms with van der Waals surface area (Å²) in [5.41, 5.74) is 1.14. The molecule has 0 bridgehead atoms. The molecule has 0 unspecified atom stereocenters. The lowest BCUT2D eigenvalue weighted by molar-refractivity contribution is 0.0553. The van der Waals surface area contributed by atoms with E-state index in [0.29, 0.717) is 18.4 Å². The Bertz CT molecular complexity index is 430. The molecule has 0 spiro atoms. The maximum Gasteiger partial charge on any atom is 0.119 e. The summed E-state index contributed by atoms with van der Waals surface area (Å²) < 4.78 is 5.69. The second kappa shape index (κ2) is 6.39. The first-order valence-corrected chi connectivity index (χ1v) is 7.85. The van der Waals surface area contributed by atoms with Crippen LogP contribution in [0.3, 0.4) is 0 Å². The number of rotatable bonds is 6. The van der Waals surface area contributed by atoms with Gasteiger partial charge in [-0.05, 0) is 48.8 Å². The van der Waals surface area contributed by atoms with Crippen molar-refractivity contribution in [3.8, 4) is 5.75 Å². The highest BCUT2D eigenvalue weighted by Crippen LogP contribution is 2.36. The van der Waals surface area contributed by atoms with E-state index in [4.69, 9.17) is 4.74 Å². The molecule has 0 heterocycles. The normalized spacial score (nSPS) is 13.3. The Balaban J connectivity index is 2.65. The van der Waals surface area contributed by atoms with Crippen molar-refractivity contribution in [2.75, 3.05) is 6.61 Å². The van der Waals surface area contributed by atoms with Gasteiger partial charge in [0.2, 0.25) is 0 Å². The van der Waals surface area contributed by atoms with Gasteiger partial charge in [-0.2, -0.15) is 0 Å². The standard InChI is InChI=1S/C19H32O2/c1-17(2,3)14-18(4,5)15-8-10-16(11-9-15)21-13-12-19(6,7)20/h8-11,20H,12-14H2,1-7H3. The third kappa shape index (κ3) is 6.99. The third-order valence-corrected chi connectivity index (χ3v) is 3.59. The highest BCUT2D eigenvalue weighted by Gasteiger charge is 2.27. The van der Waals surface area contributed by atoms with Gasteiger partial charge >= 0.3 is 0 Å². The minimum absolute atomic E-state index is 0.157. The van der Waals surface area contributed by atoms with Crippen LogP contribution < -0.4 is 4.74 Å². The minimum Gasteiger partial charge on any atom is -0.493 e. The molecule has 0 radical (unpaired) electrons. The summed E-state index contributed by atoms with van der Waals surface area (Å²) >= 11 is 0. The quantitative estimate of drug-likeness (QED) is 0.804. The Morgan fingerprint density at radius 3 is 1.86 bits per heavy atom. The predicted molar refractivity (Wildman–Crippen MR) is 89.9 cm³/mol. The van der Waals surface area contributed by atoms with Gasteiger partial charge in [0, 0.05) is 6.42 Å². The molecule has 1 rings (SSSR count). The number of aliphatic hydroxyl groups is 1. The highest BCUT2D eigenvalue weighted by molar-refractivity contribution is 5.31. The molecule has 2 nitrogen and oxygen atoms in total. The summed E-state index contributed by atoms with van der Waals surface area (Å²) in [4.78, 5) is 0. The van der Waals surface area contributed by atoms with E-state index in [9.17, 15) is 5.11 Å². The Morgan fingerprint density at radius 2 is 1.43 bits per heavy atom. The Labute approximate surface area is 130 Å². The fraction of sp³-hybridized carbons (Fsp3) is 0.684. The van der Waals surface area contributed by atoms with Crippen molar-refractivity contribution in [3.05, 3.63) is 29.8 Å². The average molecular weight is 292 g/mol. The maximum absolute atomic E-state index is 9.67. The van der Waals surface area contributed by atoms with Gasteiger partial charge in [0.25, 0.3) is 0 Å². The lowest BCUT2D eigenvalue weighted by Crippen LogP contribution is -2.24. The zero-order valence-corrected chi connectivity index (χ0v) is 14.8. The molecular formula is C19H32O2. The summed E-state index contributed by atoms with van der Waals surface area (Å²) in [6, 6.07) is 8.38. The first-order valence-electron chi connectivity index (χ1n) is 7.85. The SMILES string of the molecule is CC(C)(C)CC(C)(C)c1ccc(OCCC(C)(C)O)cc1. The smallest absolute Gasteiger partial charge is 0.119 e. The fourth-order valence-corrected chi connectivity index (χ4v) is 2.85. The van der Waals surface area contributed by atoms with Crippen molar-refractivity contribution in [3.63, 3.8) is 0 Å². The van der Waals surface area contributed by atoms with Gasteiger partial charge < -0.3 is 9.84 Å². The average Bonchev–Trinajstić information content (AvgIpc) is 2.24. The molecule has 1 aromatic carbocycles. The van der Waals surface area contributed by atoms with Gasteiger partial charge in [-0.25, -0.2) is 0 Å². The van der Waals surface area contributed by atoms with Crippen LogP contribution in [-0.2, 0) is 5.41 Å². The molecule has 2 heteroatoms. The summed E-state index contributed by atoms with van der Waals surface area (Å²) in [5, 5.41) is 9.67. The van der Waals surface area contributed by atoms with Crippen LogP contribution in [0.5, 0.6) is 5.75 Å². The molecule has 1 aromatic rings. The van der Waals surface area contributed by atoms with Crippen LogP contribution in [0.1, 0.15) is 66.9 Å². The van der Waals surface area contributed by atoms with Crippen molar-refractivity contribution in [1.82, 2.24) is 0 Å². The van der Waals surface area contributed by atoms with E-state index < -0.39 is 5.60 Å². The van der Waals surface area contributed by atoms with Crippen molar-refractivity contribution in [2.45, 2.75) is 72.3 Å². The molecule has 0 aromatic heterocycles. The summed E-state index contributed by atoms with van der Waals surface area (Å²) in [5.74, 6) is 0.870. The van der Waals surface area contributed by atoms with E-state index in [-0.39, 0.29) is 5.41 Å². The van der Waals surface area contributed by atoms with Gasteiger partial charge in [-0.3, -0.25) is 0 Å². The van der Waals surface area contributed by atoms with Crippen molar-refractivity contribution in [2.24, 2.45) is 5.41 Å². The Hall–Kier alpha value is -1.02. The Morgan fingerprint density at radius 1 is 0.905 bits per heavy atom. The summed E-state index contributed by atoms with van der Waals surface area (Å²) in [7, 11) is 0. The highest BCUT2D eigenvalue weighted by atomic mass is 16.5. The Kier molecular flexibility index (Phi) is 5.49. The van der Waals surface area contributed by atoms with Crippen LogP contribution in [0.2, 0.25) is 0 Å². The second-order valence-electron chi connectivity index (χ2n) is 8.56. The van der Waals surface area contributed by atoms with Crippen LogP contribution in [0.4, 0.5) is 0 Å². The number of hydrogen-bond acceptors (Lipinski definition) is 2. The van der Waals surface area contributed by atoms with Gasteiger partial charge in [-0.15, -0.1) is 0 Å². The molecule has 1 N–H and O–H groups in total. The molecule has 0 aliphatic heterocycles. The number of hydrogen-bond donors (Lipinski definition) is 1. The molecule has 0 fully saturated rings. The zero-order valence-electron chi connectivity index (χ0n) is 14.8. The van der Waals surface area contributed by atoms with E-state index in [1.165, 1.54) is 5.56 Å². The van der Waals surface area contributed by atoms with Gasteiger partial charge in [0.05, 0.1) is 12.2 Å². The molecule has 0 saturated heterocycles. The molecule has 0 atom stereocenters. The molecule has 0 aliphatic rings. The van der Waals surface area contributed by atoms with Crippen molar-refractivity contribution in [1.29, 1.82) is 0 Å². The van der Waals surface area contributed by atoms with Gasteiger partial charge in [-0.1, -0.05) is 46.8 Å². The second-order valence-corrected chi connectivity index (χ2v) is 8.56. The zero-order chi connectivity index (χ0) is 16.3. The lowest BCUT2D eigenvalue weighted by atomic mass is 9.72. The van der Waals surface area contributed by atoms with E-state index in [1.807, 2.05) is 12.1 Å². The molecule has 120 valence electrons. The van der Waals surface area contributed by atoms with Crippen LogP contribution in [0.15, 0.2) is 24.3 Å². The third-order valence-electron chi connectivity index (χ3n) is 3.59. The van der Waals surface area contributed by atoms with Gasteiger partial charge in [0.1, 0.15) is 5.75 Å². The summed E-state index contributed by atoms with van der Waals surface area (Å²) in [6.07, 6.45) is 1.77. The lowest BCUT2D eigenvalue weighted by Gasteiger charge is -2.33. The van der Waals surface area contributed by atoms with E-state index in [2.05, 4.69) is 46.8 Å². The topological polar surface area (TPSA) is 29.5 Å². The molecule has 0 aliphatic carbocycles. The number of benzene rings is 1. The molecular weight excluding hydrogens is 260 g/mol. The summed E-state index contributed by atoms with van der Waals surface area (Å²) in [6.45, 7) is 15.6. The maximum atomic E-state index is 9.67. The van der Waals surface area contributed by atoms with E-state index >= 15 is 0 Å². The molecule has 21 heavy (non-hydrogen) atoms. The molecule has 0 saturated carbocycles. The number of ether oxygens (including phenoxy) is 1. The van der Waals surface area contributed by atoms with Crippen LogP contribution in [0.25, 0.3) is 0 Å². The van der Waals surface area contributed by atoms with E-state index in [1.54, 1.807) is 13.8 Å². The first kappa shape index (κ1) is 18.0. The van der Waals surface area contributed by atoms with Crippen LogP contribution >= 0.6 is 0 Å². The van der Waals surface area contributed by atoms with Crippen LogP contribution in [-0.4, -0.2) is 17.3 Å². The van der Waals surface area contributed by atoms with E-state index in [0.717, 1.165) is 12.2 Å². The monoisotopic (exact) mass is 292 g/mol. The van der Waals surface area contributed by atoms with Crippen LogP contribution in [0, 0.1) is 5.41 Å². The van der Waals surface area contributed by atoms with Gasteiger partial charge in [0.15, 0.2) is 0 Å². The predicted octanol–water partition coefficient (Wildman–Crippen LogP) is 4.94. The first-order chi connectivity index (χ1) is 9.39. The largest absolute Gasteiger partial charge is 0.493 e. The molecule has 0 amide bonds.